The topological polar surface area (TPSA) is 77.8 Å². The molecule has 0 aliphatic heterocycles. The minimum absolute atomic E-state index is 0.0880. The fraction of sp³-hybridized carbons (Fsp3) is 0. The highest BCUT2D eigenvalue weighted by atomic mass is 16.3. The lowest BCUT2D eigenvalue weighted by atomic mass is 10.3. The van der Waals surface area contributed by atoms with Crippen LogP contribution in [0, 0.1) is 0 Å². The van der Waals surface area contributed by atoms with E-state index in [0.717, 1.165) is 0 Å². The third-order valence-electron chi connectivity index (χ3n) is 1.50. The van der Waals surface area contributed by atoms with Crippen molar-refractivity contribution in [2.24, 2.45) is 0 Å². The largest absolute Gasteiger partial charge is 0.508 e. The van der Waals surface area contributed by atoms with E-state index in [1.54, 1.807) is 6.07 Å². The van der Waals surface area contributed by atoms with Gasteiger partial charge in [0, 0.05) is 6.07 Å². The molecular formula is C13H14O4. The molecule has 2 aromatic rings. The number of aromatic hydroxyl groups is 2. The number of carbonyl (C=O) groups is 1. The van der Waals surface area contributed by atoms with Crippen LogP contribution in [0.1, 0.15) is 0 Å². The maximum Gasteiger partial charge on any atom is 0.290 e. The summed E-state index contributed by atoms with van der Waals surface area (Å²) in [5.41, 5.74) is 0. The number of rotatable bonds is 0. The first-order chi connectivity index (χ1) is 8.20. The molecular weight excluding hydrogens is 220 g/mol. The molecule has 0 fully saturated rings. The van der Waals surface area contributed by atoms with Gasteiger partial charge in [0.1, 0.15) is 11.5 Å². The molecule has 3 N–H and O–H groups in total. The monoisotopic (exact) mass is 234 g/mol. The van der Waals surface area contributed by atoms with Crippen LogP contribution in [0.2, 0.25) is 0 Å². The van der Waals surface area contributed by atoms with Crippen LogP contribution in [-0.4, -0.2) is 21.8 Å². The molecule has 0 aliphatic rings. The van der Waals surface area contributed by atoms with Crippen LogP contribution in [0.25, 0.3) is 0 Å². The summed E-state index contributed by atoms with van der Waals surface area (Å²) >= 11 is 0. The second-order valence-corrected chi connectivity index (χ2v) is 2.78. The summed E-state index contributed by atoms with van der Waals surface area (Å²) in [5.74, 6) is 0.176. The highest BCUT2D eigenvalue weighted by Gasteiger charge is 1.85. The highest BCUT2D eigenvalue weighted by Crippen LogP contribution is 2.14. The molecule has 0 spiro atoms. The number of phenols is 2. The highest BCUT2D eigenvalue weighted by molar-refractivity contribution is 5.32. The Morgan fingerprint density at radius 3 is 1.24 bits per heavy atom. The molecule has 0 aromatic heterocycles. The summed E-state index contributed by atoms with van der Waals surface area (Å²) in [6.45, 7) is -0.250. The van der Waals surface area contributed by atoms with Gasteiger partial charge in [-0.25, -0.2) is 0 Å². The first-order valence-electron chi connectivity index (χ1n) is 4.76. The zero-order chi connectivity index (χ0) is 12.9. The molecule has 4 nitrogen and oxygen atoms in total. The predicted octanol–water partition coefficient (Wildman–Crippen LogP) is 2.49. The van der Waals surface area contributed by atoms with Gasteiger partial charge in [0.25, 0.3) is 6.47 Å². The van der Waals surface area contributed by atoms with Crippen molar-refractivity contribution in [1.29, 1.82) is 0 Å². The van der Waals surface area contributed by atoms with Gasteiger partial charge in [-0.2, -0.15) is 0 Å². The van der Waals surface area contributed by atoms with E-state index in [0.29, 0.717) is 0 Å². The van der Waals surface area contributed by atoms with Crippen molar-refractivity contribution >= 4 is 6.47 Å². The summed E-state index contributed by atoms with van der Waals surface area (Å²) in [7, 11) is 0. The van der Waals surface area contributed by atoms with Gasteiger partial charge in [-0.05, 0) is 12.1 Å². The van der Waals surface area contributed by atoms with Gasteiger partial charge in [0.05, 0.1) is 0 Å². The van der Waals surface area contributed by atoms with Gasteiger partial charge in [0.15, 0.2) is 0 Å². The van der Waals surface area contributed by atoms with E-state index in [4.69, 9.17) is 20.1 Å². The maximum atomic E-state index is 8.65. The summed E-state index contributed by atoms with van der Waals surface area (Å²) in [6, 6.07) is 17.9. The van der Waals surface area contributed by atoms with E-state index in [-0.39, 0.29) is 18.0 Å². The summed E-state index contributed by atoms with van der Waals surface area (Å²) in [4.78, 5) is 8.36. The second-order valence-electron chi connectivity index (χ2n) is 2.78. The van der Waals surface area contributed by atoms with E-state index in [2.05, 4.69) is 0 Å². The molecule has 90 valence electrons. The van der Waals surface area contributed by atoms with Crippen LogP contribution in [0.4, 0.5) is 0 Å². The molecule has 0 atom stereocenters. The normalized spacial score (nSPS) is 7.76. The van der Waals surface area contributed by atoms with Crippen molar-refractivity contribution in [2.45, 2.75) is 0 Å². The molecule has 0 amide bonds. The SMILES string of the molecule is O=CO.Oc1cccc(O)c1.c1ccccc1. The quantitative estimate of drug-likeness (QED) is 0.612. The average molecular weight is 234 g/mol. The standard InChI is InChI=1S/C6H6O2.C6H6.CH2O2/c7-5-2-1-3-6(8)4-5;1-2-4-6-5-3-1;2-1-3/h1-4,7-8H;1-6H;1H,(H,2,3). The number of phenolic OH excluding ortho intramolecular Hbond substituents is 2. The molecule has 0 bridgehead atoms. The maximum absolute atomic E-state index is 8.65. The molecule has 2 aromatic carbocycles. The smallest absolute Gasteiger partial charge is 0.290 e. The van der Waals surface area contributed by atoms with E-state index < -0.39 is 0 Å². The van der Waals surface area contributed by atoms with Crippen LogP contribution in [-0.2, 0) is 4.79 Å². The van der Waals surface area contributed by atoms with Crippen molar-refractivity contribution < 1.29 is 20.1 Å². The second kappa shape index (κ2) is 10.0. The van der Waals surface area contributed by atoms with Gasteiger partial charge in [-0.3, -0.25) is 4.79 Å². The number of hydrogen-bond donors (Lipinski definition) is 3. The first-order valence-corrected chi connectivity index (χ1v) is 4.76. The Balaban J connectivity index is 0.000000252. The van der Waals surface area contributed by atoms with Gasteiger partial charge in [0.2, 0.25) is 0 Å². The molecule has 0 unspecified atom stereocenters. The Labute approximate surface area is 99.4 Å². The lowest BCUT2D eigenvalue weighted by molar-refractivity contribution is -0.122. The number of benzene rings is 2. The molecule has 17 heavy (non-hydrogen) atoms. The van der Waals surface area contributed by atoms with Crippen molar-refractivity contribution in [3.63, 3.8) is 0 Å². The third-order valence-corrected chi connectivity index (χ3v) is 1.50. The van der Waals surface area contributed by atoms with Gasteiger partial charge >= 0.3 is 0 Å². The predicted molar refractivity (Wildman–Crippen MR) is 64.9 cm³/mol. The third kappa shape index (κ3) is 9.81. The summed E-state index contributed by atoms with van der Waals surface area (Å²) in [5, 5.41) is 24.2. The Bertz CT molecular complexity index is 357. The van der Waals surface area contributed by atoms with E-state index >= 15 is 0 Å². The number of carboxylic acid groups (broad SMARTS) is 1. The molecule has 0 radical (unpaired) electrons. The van der Waals surface area contributed by atoms with Crippen LogP contribution in [0.5, 0.6) is 11.5 Å². The first kappa shape index (κ1) is 14.5. The summed E-state index contributed by atoms with van der Waals surface area (Å²) in [6.07, 6.45) is 0. The van der Waals surface area contributed by atoms with Crippen LogP contribution in [0.3, 0.4) is 0 Å². The Kier molecular flexibility index (Phi) is 8.57. The minimum atomic E-state index is -0.250. The van der Waals surface area contributed by atoms with E-state index in [9.17, 15) is 0 Å². The minimum Gasteiger partial charge on any atom is -0.508 e. The molecule has 4 heteroatoms. The van der Waals surface area contributed by atoms with E-state index in [1.807, 2.05) is 36.4 Å². The number of hydrogen-bond acceptors (Lipinski definition) is 3. The van der Waals surface area contributed by atoms with Gasteiger partial charge in [-0.15, -0.1) is 0 Å². The van der Waals surface area contributed by atoms with Gasteiger partial charge in [-0.1, -0.05) is 42.5 Å². The van der Waals surface area contributed by atoms with Crippen molar-refractivity contribution in [2.75, 3.05) is 0 Å². The zero-order valence-corrected chi connectivity index (χ0v) is 9.10. The van der Waals surface area contributed by atoms with Crippen LogP contribution in [0.15, 0.2) is 60.7 Å². The average Bonchev–Trinajstić information content (AvgIpc) is 2.33. The zero-order valence-electron chi connectivity index (χ0n) is 9.10. The fourth-order valence-electron chi connectivity index (χ4n) is 0.878. The van der Waals surface area contributed by atoms with Crippen molar-refractivity contribution in [1.82, 2.24) is 0 Å². The Morgan fingerprint density at radius 2 is 1.06 bits per heavy atom. The Hall–Kier alpha value is -2.49. The van der Waals surface area contributed by atoms with Crippen LogP contribution >= 0.6 is 0 Å². The Morgan fingerprint density at radius 1 is 0.765 bits per heavy atom. The lowest BCUT2D eigenvalue weighted by Gasteiger charge is -1.89. The lowest BCUT2D eigenvalue weighted by Crippen LogP contribution is -1.61. The van der Waals surface area contributed by atoms with Crippen molar-refractivity contribution in [3.8, 4) is 11.5 Å². The van der Waals surface area contributed by atoms with Crippen molar-refractivity contribution in [3.05, 3.63) is 60.7 Å². The molecule has 0 aliphatic carbocycles. The van der Waals surface area contributed by atoms with Gasteiger partial charge < -0.3 is 15.3 Å². The molecule has 0 heterocycles. The summed E-state index contributed by atoms with van der Waals surface area (Å²) < 4.78 is 0. The van der Waals surface area contributed by atoms with Crippen LogP contribution < -0.4 is 0 Å². The molecule has 0 saturated heterocycles. The fourth-order valence-corrected chi connectivity index (χ4v) is 0.878. The molecule has 2 rings (SSSR count). The van der Waals surface area contributed by atoms with E-state index in [1.165, 1.54) is 18.2 Å². The molecule has 0 saturated carbocycles.